The molecule has 0 spiro atoms. The number of carbonyl (C=O) groups excluding carboxylic acids is 1. The van der Waals surface area contributed by atoms with Crippen molar-refractivity contribution in [3.05, 3.63) is 58.0 Å². The Bertz CT molecular complexity index is 1150. The highest BCUT2D eigenvalue weighted by Gasteiger charge is 2.33. The summed E-state index contributed by atoms with van der Waals surface area (Å²) in [6.45, 7) is 2.94. The van der Waals surface area contributed by atoms with Gasteiger partial charge in [-0.2, -0.15) is 13.2 Å². The summed E-state index contributed by atoms with van der Waals surface area (Å²) in [7, 11) is 0. The Morgan fingerprint density at radius 2 is 2.00 bits per heavy atom. The lowest BCUT2D eigenvalue weighted by Crippen LogP contribution is -2.46. The third-order valence-corrected chi connectivity index (χ3v) is 6.24. The van der Waals surface area contributed by atoms with Gasteiger partial charge in [0.15, 0.2) is 5.65 Å². The lowest BCUT2D eigenvalue weighted by molar-refractivity contribution is -0.137. The van der Waals surface area contributed by atoms with Crippen molar-refractivity contribution in [2.45, 2.75) is 37.9 Å². The zero-order chi connectivity index (χ0) is 23.0. The maximum Gasteiger partial charge on any atom is 0.417 e. The number of nitrogens with one attached hydrogen (secondary N) is 1. The van der Waals surface area contributed by atoms with Crippen LogP contribution in [-0.2, 0) is 11.0 Å². The molecule has 3 heterocycles. The summed E-state index contributed by atoms with van der Waals surface area (Å²) in [5, 5.41) is 11.8. The minimum atomic E-state index is -4.45. The van der Waals surface area contributed by atoms with Crippen LogP contribution in [0, 0.1) is 0 Å². The Hall–Kier alpha value is -2.36. The van der Waals surface area contributed by atoms with Crippen LogP contribution in [0.15, 0.2) is 36.5 Å². The van der Waals surface area contributed by atoms with Gasteiger partial charge in [-0.05, 0) is 56.6 Å². The number of rotatable bonds is 4. The number of piperidine rings is 1. The van der Waals surface area contributed by atoms with Crippen molar-refractivity contribution in [2.24, 2.45) is 0 Å². The van der Waals surface area contributed by atoms with Gasteiger partial charge >= 0.3 is 6.18 Å². The Balaban J connectivity index is 1.51. The normalized spacial score (nSPS) is 18.6. The predicted molar refractivity (Wildman–Crippen MR) is 116 cm³/mol. The number of aromatic nitrogens is 3. The monoisotopic (exact) mass is 485 g/mol. The molecule has 1 aromatic carbocycles. The molecule has 170 valence electrons. The molecule has 0 aliphatic carbocycles. The number of carbonyl (C=O) groups is 1. The number of alkyl halides is 3. The highest BCUT2D eigenvalue weighted by atomic mass is 35.5. The van der Waals surface area contributed by atoms with Gasteiger partial charge in [0.1, 0.15) is 5.82 Å². The zero-order valence-electron chi connectivity index (χ0n) is 17.0. The second kappa shape index (κ2) is 8.88. The van der Waals surface area contributed by atoms with Crippen molar-refractivity contribution in [1.29, 1.82) is 0 Å². The number of amides is 1. The van der Waals surface area contributed by atoms with Crippen LogP contribution in [0.1, 0.15) is 37.1 Å². The number of hydrogen-bond donors (Lipinski definition) is 1. The number of hydrogen-bond acceptors (Lipinski definition) is 4. The molecule has 1 aliphatic rings. The molecule has 1 saturated heterocycles. The van der Waals surface area contributed by atoms with E-state index in [-0.39, 0.29) is 11.8 Å². The van der Waals surface area contributed by atoms with Crippen LogP contribution in [0.3, 0.4) is 0 Å². The summed E-state index contributed by atoms with van der Waals surface area (Å²) >= 11 is 12.0. The summed E-state index contributed by atoms with van der Waals surface area (Å²) in [6.07, 6.45) is -1.91. The molecule has 2 atom stereocenters. The number of anilines is 1. The lowest BCUT2D eigenvalue weighted by Gasteiger charge is -2.35. The smallest absolute Gasteiger partial charge is 0.323 e. The first-order valence-corrected chi connectivity index (χ1v) is 10.8. The summed E-state index contributed by atoms with van der Waals surface area (Å²) in [5.74, 6) is 0.0705. The molecule has 0 unspecified atom stereocenters. The Kier molecular flexibility index (Phi) is 6.33. The van der Waals surface area contributed by atoms with Gasteiger partial charge in [-0.25, -0.2) is 0 Å². The van der Waals surface area contributed by atoms with Gasteiger partial charge in [0.2, 0.25) is 5.91 Å². The SMILES string of the molecule is C[C@H](C(=O)Nc1ccc(Cl)cc1Cl)N1CCC[C@@H](c2nnc3ccc(C(F)(F)F)cn23)C1. The summed E-state index contributed by atoms with van der Waals surface area (Å²) in [6, 6.07) is 6.65. The van der Waals surface area contributed by atoms with Crippen LogP contribution in [-0.4, -0.2) is 44.5 Å². The van der Waals surface area contributed by atoms with E-state index >= 15 is 0 Å². The van der Waals surface area contributed by atoms with Crippen LogP contribution >= 0.6 is 23.2 Å². The molecule has 6 nitrogen and oxygen atoms in total. The number of benzene rings is 1. The Morgan fingerprint density at radius 1 is 1.22 bits per heavy atom. The molecule has 32 heavy (non-hydrogen) atoms. The van der Waals surface area contributed by atoms with Gasteiger partial charge < -0.3 is 5.32 Å². The zero-order valence-corrected chi connectivity index (χ0v) is 18.5. The molecule has 3 aromatic rings. The number of nitrogens with zero attached hydrogens (tertiary/aromatic N) is 4. The molecule has 0 bridgehead atoms. The van der Waals surface area contributed by atoms with Gasteiger partial charge in [-0.1, -0.05) is 23.2 Å². The van der Waals surface area contributed by atoms with Gasteiger partial charge in [-0.15, -0.1) is 10.2 Å². The van der Waals surface area contributed by atoms with E-state index in [1.54, 1.807) is 25.1 Å². The largest absolute Gasteiger partial charge is 0.417 e. The van der Waals surface area contributed by atoms with Crippen molar-refractivity contribution in [2.75, 3.05) is 18.4 Å². The van der Waals surface area contributed by atoms with E-state index in [0.717, 1.165) is 25.1 Å². The highest BCUT2D eigenvalue weighted by molar-refractivity contribution is 6.36. The highest BCUT2D eigenvalue weighted by Crippen LogP contribution is 2.32. The van der Waals surface area contributed by atoms with Crippen molar-refractivity contribution >= 4 is 40.4 Å². The lowest BCUT2D eigenvalue weighted by atomic mass is 9.96. The predicted octanol–water partition coefficient (Wildman–Crippen LogP) is 5.26. The van der Waals surface area contributed by atoms with Gasteiger partial charge in [0.25, 0.3) is 0 Å². The van der Waals surface area contributed by atoms with Crippen molar-refractivity contribution in [3.63, 3.8) is 0 Å². The molecule has 1 fully saturated rings. The summed E-state index contributed by atoms with van der Waals surface area (Å²) < 4.78 is 40.9. The van der Waals surface area contributed by atoms with Crippen molar-refractivity contribution in [1.82, 2.24) is 19.5 Å². The van der Waals surface area contributed by atoms with Crippen molar-refractivity contribution < 1.29 is 18.0 Å². The van der Waals surface area contributed by atoms with Gasteiger partial charge in [0, 0.05) is 23.7 Å². The molecular weight excluding hydrogens is 466 g/mol. The first-order valence-electron chi connectivity index (χ1n) is 10.1. The second-order valence-electron chi connectivity index (χ2n) is 7.83. The molecule has 0 saturated carbocycles. The summed E-state index contributed by atoms with van der Waals surface area (Å²) in [4.78, 5) is 14.8. The van der Waals surface area contributed by atoms with Crippen LogP contribution < -0.4 is 5.32 Å². The van der Waals surface area contributed by atoms with E-state index in [0.29, 0.717) is 40.3 Å². The quantitative estimate of drug-likeness (QED) is 0.547. The van der Waals surface area contributed by atoms with E-state index in [9.17, 15) is 18.0 Å². The number of pyridine rings is 1. The van der Waals surface area contributed by atoms with E-state index < -0.39 is 17.8 Å². The van der Waals surface area contributed by atoms with Crippen LogP contribution in [0.25, 0.3) is 5.65 Å². The van der Waals surface area contributed by atoms with Gasteiger partial charge in [-0.3, -0.25) is 14.1 Å². The van der Waals surface area contributed by atoms with E-state index in [2.05, 4.69) is 15.5 Å². The third kappa shape index (κ3) is 4.69. The molecule has 1 amide bonds. The number of likely N-dealkylation sites (tertiary alicyclic amines) is 1. The van der Waals surface area contributed by atoms with Crippen molar-refractivity contribution in [3.8, 4) is 0 Å². The maximum atomic E-state index is 13.2. The average molecular weight is 486 g/mol. The van der Waals surface area contributed by atoms with Crippen LogP contribution in [0.5, 0.6) is 0 Å². The summed E-state index contributed by atoms with van der Waals surface area (Å²) in [5.41, 5.74) is 0.0595. The van der Waals surface area contributed by atoms with Crippen LogP contribution in [0.4, 0.5) is 18.9 Å². The van der Waals surface area contributed by atoms with E-state index in [1.165, 1.54) is 10.5 Å². The van der Waals surface area contributed by atoms with Gasteiger partial charge in [0.05, 0.1) is 22.3 Å². The number of fused-ring (bicyclic) bond motifs is 1. The number of halogens is 5. The van der Waals surface area contributed by atoms with Crippen LogP contribution in [0.2, 0.25) is 10.0 Å². The maximum absolute atomic E-state index is 13.2. The second-order valence-corrected chi connectivity index (χ2v) is 8.67. The molecule has 11 heteroatoms. The third-order valence-electron chi connectivity index (χ3n) is 5.69. The molecular formula is C21H20Cl2F3N5O. The molecule has 0 radical (unpaired) electrons. The fourth-order valence-electron chi connectivity index (χ4n) is 3.92. The topological polar surface area (TPSA) is 62.5 Å². The molecule has 1 aliphatic heterocycles. The van der Waals surface area contributed by atoms with E-state index in [4.69, 9.17) is 23.2 Å². The molecule has 4 rings (SSSR count). The minimum Gasteiger partial charge on any atom is -0.323 e. The Labute approximate surface area is 192 Å². The molecule has 2 aromatic heterocycles. The van der Waals surface area contributed by atoms with E-state index in [1.807, 2.05) is 4.90 Å². The standard InChI is InChI=1S/C21H20Cl2F3N5O/c1-12(20(32)27-17-6-5-15(22)9-16(17)23)30-8-2-3-13(10-30)19-29-28-18-7-4-14(11-31(18)19)21(24,25)26/h4-7,9,11-13H,2-3,8,10H2,1H3,(H,27,32)/t12-,13-/m1/s1. The fourth-order valence-corrected chi connectivity index (χ4v) is 4.37. The molecule has 1 N–H and O–H groups in total. The minimum absolute atomic E-state index is 0.156. The first-order chi connectivity index (χ1) is 15.1. The fraction of sp³-hybridized carbons (Fsp3) is 0.381. The Morgan fingerprint density at radius 3 is 2.72 bits per heavy atom. The average Bonchev–Trinajstić information content (AvgIpc) is 3.18. The first kappa shape index (κ1) is 22.8.